The predicted octanol–water partition coefficient (Wildman–Crippen LogP) is -1.10. The lowest BCUT2D eigenvalue weighted by atomic mass is 10.1. The van der Waals surface area contributed by atoms with Crippen LogP contribution in [0.4, 0.5) is 5.69 Å². The fourth-order valence-corrected chi connectivity index (χ4v) is 3.98. The number of aryl methyl sites for hydroxylation is 2. The van der Waals surface area contributed by atoms with Crippen LogP contribution in [0.5, 0.6) is 11.5 Å². The van der Waals surface area contributed by atoms with Gasteiger partial charge in [0.05, 0.1) is 13.7 Å². The number of nitrogens with zero attached hydrogens (tertiary/aromatic N) is 2. The Morgan fingerprint density at radius 2 is 1.44 bits per heavy atom. The third-order valence-corrected chi connectivity index (χ3v) is 6.17. The third kappa shape index (κ3) is 5.61. The molecule has 36 heavy (non-hydrogen) atoms. The summed E-state index contributed by atoms with van der Waals surface area (Å²) in [5.74, 6) is -11.9. The van der Waals surface area contributed by atoms with Crippen LogP contribution in [0.3, 0.4) is 0 Å². The van der Waals surface area contributed by atoms with Gasteiger partial charge in [0.25, 0.3) is 5.91 Å². The van der Waals surface area contributed by atoms with Crippen molar-refractivity contribution in [2.24, 2.45) is 0 Å². The number of para-hydroxylation sites is 3. The number of ether oxygens (including phenoxy) is 2. The summed E-state index contributed by atoms with van der Waals surface area (Å²) in [4.78, 5) is 15.1. The number of benzene rings is 2. The number of carbonyl (C=O) groups excluding carboxylic acids is 1. The first-order chi connectivity index (χ1) is 16.8. The molecule has 1 aliphatic heterocycles. The van der Waals surface area contributed by atoms with Crippen LogP contribution in [0, 0.1) is 13.8 Å². The number of hydrogen-bond donors (Lipinski definition) is 7. The smallest absolute Gasteiger partial charge is 0.387 e. The van der Waals surface area contributed by atoms with Gasteiger partial charge in [0.15, 0.2) is 11.5 Å². The number of piperazine rings is 1. The molecule has 1 aliphatic rings. The number of nitrogens with one attached hydrogen (secondary N) is 1. The van der Waals surface area contributed by atoms with E-state index < -0.39 is 17.7 Å². The Hall–Kier alpha value is -2.81. The van der Waals surface area contributed by atoms with Gasteiger partial charge in [-0.05, 0) is 37.1 Å². The van der Waals surface area contributed by atoms with Crippen molar-refractivity contribution in [3.63, 3.8) is 0 Å². The molecule has 198 valence electrons. The standard InChI is InChI=1S/C24H33N3O9/c1-16-7-6-8-17(2)21(16)25-20(28)15-26-11-13-27(14-12-26)23(31,32)22(29,30)24(33,34)36-19-10-5-4-9-18(19)35-3/h4-10,29-34H,11-15H2,1-3H3,(H,25,28). The molecular weight excluding hydrogens is 474 g/mol. The Morgan fingerprint density at radius 1 is 0.889 bits per heavy atom. The van der Waals surface area contributed by atoms with Gasteiger partial charge in [-0.25, -0.2) is 4.90 Å². The lowest BCUT2D eigenvalue weighted by Crippen LogP contribution is -2.77. The first-order valence-corrected chi connectivity index (χ1v) is 11.3. The number of hydrogen-bond acceptors (Lipinski definition) is 11. The van der Waals surface area contributed by atoms with Gasteiger partial charge < -0.3 is 45.4 Å². The van der Waals surface area contributed by atoms with E-state index in [1.54, 1.807) is 11.0 Å². The molecule has 0 unspecified atom stereocenters. The van der Waals surface area contributed by atoms with E-state index in [1.165, 1.54) is 25.3 Å². The van der Waals surface area contributed by atoms with Gasteiger partial charge in [-0.1, -0.05) is 30.3 Å². The molecule has 2 aromatic carbocycles. The van der Waals surface area contributed by atoms with Crippen molar-refractivity contribution in [3.05, 3.63) is 53.6 Å². The summed E-state index contributed by atoms with van der Waals surface area (Å²) in [6.45, 7) is 3.82. The maximum atomic E-state index is 12.5. The van der Waals surface area contributed by atoms with Gasteiger partial charge in [0.2, 0.25) is 5.91 Å². The quantitative estimate of drug-likeness (QED) is 0.205. The highest BCUT2D eigenvalue weighted by atomic mass is 16.8. The maximum absolute atomic E-state index is 12.5. The Kier molecular flexibility index (Phi) is 8.23. The molecule has 0 bridgehead atoms. The van der Waals surface area contributed by atoms with Crippen LogP contribution < -0.4 is 14.8 Å². The Bertz CT molecular complexity index is 1050. The zero-order valence-electron chi connectivity index (χ0n) is 20.4. The van der Waals surface area contributed by atoms with Crippen LogP contribution in [0.25, 0.3) is 0 Å². The largest absolute Gasteiger partial charge is 0.493 e. The lowest BCUT2D eigenvalue weighted by Gasteiger charge is -2.48. The maximum Gasteiger partial charge on any atom is 0.387 e. The molecule has 0 radical (unpaired) electrons. The summed E-state index contributed by atoms with van der Waals surface area (Å²) in [6, 6.07) is 11.4. The molecule has 0 saturated carbocycles. The van der Waals surface area contributed by atoms with Crippen molar-refractivity contribution < 1.29 is 44.9 Å². The first kappa shape index (κ1) is 27.8. The highest BCUT2D eigenvalue weighted by molar-refractivity contribution is 5.93. The second-order valence-electron chi connectivity index (χ2n) is 8.75. The highest BCUT2D eigenvalue weighted by Crippen LogP contribution is 2.36. The van der Waals surface area contributed by atoms with E-state index in [-0.39, 0.29) is 50.1 Å². The van der Waals surface area contributed by atoms with Crippen LogP contribution in [0.15, 0.2) is 42.5 Å². The van der Waals surface area contributed by atoms with Gasteiger partial charge >= 0.3 is 11.8 Å². The van der Waals surface area contributed by atoms with Crippen LogP contribution >= 0.6 is 0 Å². The van der Waals surface area contributed by atoms with Crippen LogP contribution in [-0.2, 0) is 4.79 Å². The number of anilines is 1. The van der Waals surface area contributed by atoms with E-state index >= 15 is 0 Å². The zero-order valence-corrected chi connectivity index (χ0v) is 20.4. The molecule has 12 heteroatoms. The van der Waals surface area contributed by atoms with Crippen molar-refractivity contribution in [2.45, 2.75) is 31.5 Å². The molecule has 1 fully saturated rings. The van der Waals surface area contributed by atoms with Gasteiger partial charge in [-0.15, -0.1) is 0 Å². The topological polar surface area (TPSA) is 175 Å². The number of rotatable bonds is 9. The molecule has 0 atom stereocenters. The normalized spacial score (nSPS) is 16.0. The van der Waals surface area contributed by atoms with Crippen molar-refractivity contribution in [1.29, 1.82) is 0 Å². The molecule has 0 aliphatic carbocycles. The number of methoxy groups -OCH3 is 1. The summed E-state index contributed by atoms with van der Waals surface area (Å²) in [5.41, 5.74) is 2.58. The van der Waals surface area contributed by atoms with E-state index in [4.69, 9.17) is 9.47 Å². The average molecular weight is 508 g/mol. The minimum atomic E-state index is -3.98. The van der Waals surface area contributed by atoms with Crippen LogP contribution in [0.2, 0.25) is 0 Å². The number of carbonyl (C=O) groups is 1. The second kappa shape index (κ2) is 10.7. The van der Waals surface area contributed by atoms with Crippen LogP contribution in [0.1, 0.15) is 11.1 Å². The Balaban J connectivity index is 1.63. The van der Waals surface area contributed by atoms with E-state index in [0.29, 0.717) is 0 Å². The summed E-state index contributed by atoms with van der Waals surface area (Å²) >= 11 is 0. The molecule has 0 aromatic heterocycles. The monoisotopic (exact) mass is 507 g/mol. The minimum absolute atomic E-state index is 0.0235. The number of amides is 1. The fraction of sp³-hybridized carbons (Fsp3) is 0.458. The van der Waals surface area contributed by atoms with Gasteiger partial charge in [-0.2, -0.15) is 0 Å². The Labute approximate surface area is 208 Å². The SMILES string of the molecule is COc1ccccc1OC(O)(O)C(O)(O)C(O)(O)N1CCN(CC(=O)Nc2c(C)cccc2C)CC1. The lowest BCUT2D eigenvalue weighted by molar-refractivity contribution is -0.524. The summed E-state index contributed by atoms with van der Waals surface area (Å²) < 4.78 is 9.91. The predicted molar refractivity (Wildman–Crippen MR) is 128 cm³/mol. The second-order valence-corrected chi connectivity index (χ2v) is 8.75. The molecule has 1 saturated heterocycles. The van der Waals surface area contributed by atoms with E-state index in [2.05, 4.69) is 5.32 Å². The Morgan fingerprint density at radius 3 is 2.00 bits per heavy atom. The van der Waals surface area contributed by atoms with E-state index in [0.717, 1.165) is 21.7 Å². The molecule has 7 N–H and O–H groups in total. The van der Waals surface area contributed by atoms with Crippen molar-refractivity contribution in [1.82, 2.24) is 9.80 Å². The van der Waals surface area contributed by atoms with Crippen molar-refractivity contribution in [2.75, 3.05) is 45.2 Å². The van der Waals surface area contributed by atoms with Crippen molar-refractivity contribution >= 4 is 11.6 Å². The van der Waals surface area contributed by atoms with Crippen LogP contribution in [-0.4, -0.2) is 104 Å². The number of aliphatic hydroxyl groups is 6. The van der Waals surface area contributed by atoms with E-state index in [9.17, 15) is 35.4 Å². The molecule has 0 spiro atoms. The first-order valence-electron chi connectivity index (χ1n) is 11.3. The molecule has 12 nitrogen and oxygen atoms in total. The zero-order chi connectivity index (χ0) is 26.7. The molecular formula is C24H33N3O9. The third-order valence-electron chi connectivity index (χ3n) is 6.17. The summed E-state index contributed by atoms with van der Waals surface area (Å²) in [5, 5.41) is 65.5. The van der Waals surface area contributed by atoms with Gasteiger partial charge in [0, 0.05) is 31.9 Å². The summed E-state index contributed by atoms with van der Waals surface area (Å²) in [6.07, 6.45) is 0. The fourth-order valence-electron chi connectivity index (χ4n) is 3.98. The van der Waals surface area contributed by atoms with Gasteiger partial charge in [-0.3, -0.25) is 9.69 Å². The van der Waals surface area contributed by atoms with Gasteiger partial charge in [0.1, 0.15) is 0 Å². The molecule has 1 heterocycles. The molecule has 2 aromatic rings. The molecule has 1 amide bonds. The average Bonchev–Trinajstić information content (AvgIpc) is 2.82. The van der Waals surface area contributed by atoms with E-state index in [1.807, 2.05) is 32.0 Å². The highest BCUT2D eigenvalue weighted by Gasteiger charge is 2.67. The van der Waals surface area contributed by atoms with Crippen molar-refractivity contribution in [3.8, 4) is 11.5 Å². The summed E-state index contributed by atoms with van der Waals surface area (Å²) in [7, 11) is 1.29. The minimum Gasteiger partial charge on any atom is -0.493 e. The molecule has 3 rings (SSSR count).